The van der Waals surface area contributed by atoms with Crippen LogP contribution in [0.3, 0.4) is 0 Å². The number of nitrogens with zero attached hydrogens (tertiary/aromatic N) is 2. The molecular weight excluding hydrogens is 388 g/mol. The van der Waals surface area contributed by atoms with E-state index in [1.807, 2.05) is 66.9 Å². The third kappa shape index (κ3) is 4.48. The number of fused-ring (bicyclic) bond motifs is 1. The number of hydrogen-bond donors (Lipinski definition) is 2. The highest BCUT2D eigenvalue weighted by Crippen LogP contribution is 2.20. The van der Waals surface area contributed by atoms with E-state index in [4.69, 9.17) is 0 Å². The van der Waals surface area contributed by atoms with Crippen LogP contribution < -0.4 is 10.6 Å². The van der Waals surface area contributed by atoms with E-state index in [0.717, 1.165) is 28.8 Å². The van der Waals surface area contributed by atoms with Crippen LogP contribution in [-0.2, 0) is 17.8 Å². The van der Waals surface area contributed by atoms with Crippen molar-refractivity contribution in [2.75, 3.05) is 10.6 Å². The molecule has 0 atom stereocenters. The summed E-state index contributed by atoms with van der Waals surface area (Å²) in [4.78, 5) is 30.3. The van der Waals surface area contributed by atoms with Gasteiger partial charge >= 0.3 is 0 Å². The Kier molecular flexibility index (Phi) is 5.80. The van der Waals surface area contributed by atoms with Crippen LogP contribution in [0.5, 0.6) is 0 Å². The number of hydrogen-bond acceptors (Lipinski definition) is 3. The van der Waals surface area contributed by atoms with E-state index < -0.39 is 0 Å². The molecule has 0 saturated heterocycles. The Bertz CT molecular complexity index is 1260. The summed E-state index contributed by atoms with van der Waals surface area (Å²) in [6.45, 7) is 4.10. The van der Waals surface area contributed by atoms with Gasteiger partial charge in [0.25, 0.3) is 5.91 Å². The smallest absolute Gasteiger partial charge is 0.257 e. The number of aryl methyl sites for hydroxylation is 2. The van der Waals surface area contributed by atoms with E-state index in [2.05, 4.69) is 15.6 Å². The van der Waals surface area contributed by atoms with Gasteiger partial charge in [0.15, 0.2) is 0 Å². The molecule has 2 amide bonds. The lowest BCUT2D eigenvalue weighted by Crippen LogP contribution is -2.22. The Morgan fingerprint density at radius 2 is 1.71 bits per heavy atom. The first-order valence-electron chi connectivity index (χ1n) is 10.3. The van der Waals surface area contributed by atoms with Crippen molar-refractivity contribution in [1.29, 1.82) is 0 Å². The normalized spacial score (nSPS) is 10.8. The summed E-state index contributed by atoms with van der Waals surface area (Å²) in [6, 6.07) is 22.4. The molecule has 0 unspecified atom stereocenters. The maximum absolute atomic E-state index is 12.9. The maximum atomic E-state index is 12.9. The second kappa shape index (κ2) is 8.83. The van der Waals surface area contributed by atoms with E-state index in [0.29, 0.717) is 16.9 Å². The van der Waals surface area contributed by atoms with Gasteiger partial charge in [-0.05, 0) is 48.9 Å². The van der Waals surface area contributed by atoms with Crippen LogP contribution in [0.4, 0.5) is 11.4 Å². The zero-order chi connectivity index (χ0) is 21.8. The number of carbonyl (C=O) groups is 2. The number of aromatic nitrogens is 2. The van der Waals surface area contributed by atoms with Gasteiger partial charge in [-0.1, -0.05) is 43.3 Å². The summed E-state index contributed by atoms with van der Waals surface area (Å²) in [6.07, 6.45) is 0.720. The molecule has 0 saturated carbocycles. The zero-order valence-electron chi connectivity index (χ0n) is 17.6. The van der Waals surface area contributed by atoms with Crippen molar-refractivity contribution < 1.29 is 9.59 Å². The fourth-order valence-corrected chi connectivity index (χ4v) is 3.62. The van der Waals surface area contributed by atoms with Crippen molar-refractivity contribution in [3.05, 3.63) is 89.7 Å². The molecule has 6 heteroatoms. The molecule has 0 fully saturated rings. The number of rotatable bonds is 6. The average Bonchev–Trinajstić information content (AvgIpc) is 3.11. The second-order valence-electron chi connectivity index (χ2n) is 7.37. The molecule has 156 valence electrons. The lowest BCUT2D eigenvalue weighted by Gasteiger charge is -2.13. The highest BCUT2D eigenvalue weighted by Gasteiger charge is 2.16. The van der Waals surface area contributed by atoms with Crippen molar-refractivity contribution in [2.45, 2.75) is 26.8 Å². The minimum Gasteiger partial charge on any atom is -0.324 e. The Hall–Kier alpha value is -3.93. The van der Waals surface area contributed by atoms with Crippen molar-refractivity contribution in [3.8, 4) is 0 Å². The van der Waals surface area contributed by atoms with Crippen LogP contribution in [0.1, 0.15) is 28.7 Å². The van der Waals surface area contributed by atoms with Crippen molar-refractivity contribution in [3.63, 3.8) is 0 Å². The third-order valence-electron chi connectivity index (χ3n) is 5.07. The van der Waals surface area contributed by atoms with Crippen molar-refractivity contribution in [1.82, 2.24) is 9.55 Å². The van der Waals surface area contributed by atoms with Gasteiger partial charge < -0.3 is 15.2 Å². The quantitative estimate of drug-likeness (QED) is 0.478. The molecule has 4 rings (SSSR count). The third-order valence-corrected chi connectivity index (χ3v) is 5.07. The standard InChI is InChI=1S/C25H24N4O2/c1-3-23-27-21-13-6-7-14-22(21)29(23)16-24(30)28-20-12-5-4-11-19(20)25(31)26-18-10-8-9-17(2)15-18/h4-15H,3,16H2,1-2H3,(H,26,31)(H,28,30). The number of imidazole rings is 1. The van der Waals surface area contributed by atoms with Crippen molar-refractivity contribution >= 4 is 34.2 Å². The highest BCUT2D eigenvalue weighted by atomic mass is 16.2. The predicted molar refractivity (Wildman–Crippen MR) is 123 cm³/mol. The molecule has 1 aromatic heterocycles. The number of para-hydroxylation sites is 3. The minimum absolute atomic E-state index is 0.123. The molecule has 2 N–H and O–H groups in total. The lowest BCUT2D eigenvalue weighted by molar-refractivity contribution is -0.116. The van der Waals surface area contributed by atoms with Gasteiger partial charge in [-0.25, -0.2) is 4.98 Å². The number of anilines is 2. The molecule has 0 spiro atoms. The van der Waals surface area contributed by atoms with E-state index >= 15 is 0 Å². The number of amides is 2. The van der Waals surface area contributed by atoms with E-state index in [-0.39, 0.29) is 18.4 Å². The summed E-state index contributed by atoms with van der Waals surface area (Å²) >= 11 is 0. The fourth-order valence-electron chi connectivity index (χ4n) is 3.62. The summed E-state index contributed by atoms with van der Waals surface area (Å²) in [5.41, 5.74) is 4.43. The lowest BCUT2D eigenvalue weighted by atomic mass is 10.1. The fraction of sp³-hybridized carbons (Fsp3) is 0.160. The molecule has 0 aliphatic heterocycles. The Morgan fingerprint density at radius 1 is 0.935 bits per heavy atom. The van der Waals surface area contributed by atoms with Crippen molar-refractivity contribution in [2.24, 2.45) is 0 Å². The summed E-state index contributed by atoms with van der Waals surface area (Å²) in [5.74, 6) is 0.360. The van der Waals surface area contributed by atoms with E-state index in [1.165, 1.54) is 0 Å². The average molecular weight is 412 g/mol. The molecule has 3 aromatic carbocycles. The minimum atomic E-state index is -0.274. The zero-order valence-corrected chi connectivity index (χ0v) is 17.6. The summed E-state index contributed by atoms with van der Waals surface area (Å²) in [5, 5.41) is 5.79. The van der Waals surface area contributed by atoms with Gasteiger partial charge in [-0.15, -0.1) is 0 Å². The monoisotopic (exact) mass is 412 g/mol. The van der Waals surface area contributed by atoms with Crippen LogP contribution in [0.2, 0.25) is 0 Å². The highest BCUT2D eigenvalue weighted by molar-refractivity contribution is 6.10. The first-order valence-corrected chi connectivity index (χ1v) is 10.3. The van der Waals surface area contributed by atoms with Crippen LogP contribution in [-0.4, -0.2) is 21.4 Å². The number of carbonyl (C=O) groups excluding carboxylic acids is 2. The molecule has 0 bridgehead atoms. The topological polar surface area (TPSA) is 76.0 Å². The van der Waals surface area contributed by atoms with Gasteiger partial charge in [0.05, 0.1) is 22.3 Å². The molecular formula is C25H24N4O2. The van der Waals surface area contributed by atoms with Gasteiger partial charge in [0, 0.05) is 12.1 Å². The first kappa shape index (κ1) is 20.3. The first-order chi connectivity index (χ1) is 15.0. The van der Waals surface area contributed by atoms with Crippen LogP contribution in [0.25, 0.3) is 11.0 Å². The van der Waals surface area contributed by atoms with Gasteiger partial charge in [0.1, 0.15) is 12.4 Å². The van der Waals surface area contributed by atoms with Gasteiger partial charge in [0.2, 0.25) is 5.91 Å². The summed E-state index contributed by atoms with van der Waals surface area (Å²) < 4.78 is 1.92. The van der Waals surface area contributed by atoms with E-state index in [9.17, 15) is 9.59 Å². The maximum Gasteiger partial charge on any atom is 0.257 e. The van der Waals surface area contributed by atoms with E-state index in [1.54, 1.807) is 24.3 Å². The molecule has 31 heavy (non-hydrogen) atoms. The van der Waals surface area contributed by atoms with Crippen LogP contribution >= 0.6 is 0 Å². The predicted octanol–water partition coefficient (Wildman–Crippen LogP) is 4.80. The second-order valence-corrected chi connectivity index (χ2v) is 7.37. The van der Waals surface area contributed by atoms with Crippen LogP contribution in [0, 0.1) is 6.92 Å². The molecule has 0 aliphatic rings. The van der Waals surface area contributed by atoms with Gasteiger partial charge in [-0.3, -0.25) is 9.59 Å². The Labute approximate surface area is 180 Å². The Balaban J connectivity index is 1.54. The SMILES string of the molecule is CCc1nc2ccccc2n1CC(=O)Nc1ccccc1C(=O)Nc1cccc(C)c1. The molecule has 0 radical (unpaired) electrons. The molecule has 4 aromatic rings. The van der Waals surface area contributed by atoms with Gasteiger partial charge in [-0.2, -0.15) is 0 Å². The molecule has 0 aliphatic carbocycles. The number of nitrogens with one attached hydrogen (secondary N) is 2. The molecule has 1 heterocycles. The van der Waals surface area contributed by atoms with Crippen LogP contribution in [0.15, 0.2) is 72.8 Å². The molecule has 6 nitrogen and oxygen atoms in total. The number of benzene rings is 3. The summed E-state index contributed by atoms with van der Waals surface area (Å²) in [7, 11) is 0. The largest absolute Gasteiger partial charge is 0.324 e. The Morgan fingerprint density at radius 3 is 2.52 bits per heavy atom.